The van der Waals surface area contributed by atoms with Crippen LogP contribution in [0.4, 0.5) is 5.95 Å². The first kappa shape index (κ1) is 24.1. The van der Waals surface area contributed by atoms with E-state index in [2.05, 4.69) is 24.8 Å². The molecule has 6 rings (SSSR count). The molecule has 1 amide bonds. The number of pyridine rings is 2. The molecule has 0 spiro atoms. The van der Waals surface area contributed by atoms with Gasteiger partial charge in [0.15, 0.2) is 0 Å². The zero-order valence-corrected chi connectivity index (χ0v) is 20.7. The molecule has 2 fully saturated rings. The van der Waals surface area contributed by atoms with E-state index in [9.17, 15) is 14.4 Å². The molecule has 2 aliphatic heterocycles. The van der Waals surface area contributed by atoms with E-state index in [-0.39, 0.29) is 18.5 Å². The topological polar surface area (TPSA) is 165 Å². The molecule has 0 aromatic carbocycles. The lowest BCUT2D eigenvalue weighted by Crippen LogP contribution is -2.42. The van der Waals surface area contributed by atoms with Crippen molar-refractivity contribution < 1.29 is 9.53 Å². The number of primary amides is 1. The van der Waals surface area contributed by atoms with Gasteiger partial charge in [-0.2, -0.15) is 0 Å². The van der Waals surface area contributed by atoms with Crippen LogP contribution in [0.1, 0.15) is 18.9 Å². The quantitative estimate of drug-likeness (QED) is 0.345. The van der Waals surface area contributed by atoms with Crippen LogP contribution in [-0.4, -0.2) is 86.2 Å². The molecule has 4 aromatic rings. The molecule has 196 valence electrons. The van der Waals surface area contributed by atoms with E-state index in [1.807, 2.05) is 17.0 Å². The minimum absolute atomic E-state index is 0.179. The summed E-state index contributed by atoms with van der Waals surface area (Å²) in [5.41, 5.74) is 7.14. The summed E-state index contributed by atoms with van der Waals surface area (Å²) < 4.78 is 7.02. The van der Waals surface area contributed by atoms with Crippen LogP contribution in [0.25, 0.3) is 33.2 Å². The number of amides is 1. The monoisotopic (exact) mass is 517 g/mol. The van der Waals surface area contributed by atoms with E-state index in [4.69, 9.17) is 15.5 Å². The minimum Gasteiger partial charge on any atom is -0.378 e. The van der Waals surface area contributed by atoms with Crippen LogP contribution >= 0.6 is 0 Å². The van der Waals surface area contributed by atoms with Crippen LogP contribution in [0.15, 0.2) is 40.3 Å². The molecule has 13 heteroatoms. The summed E-state index contributed by atoms with van der Waals surface area (Å²) in [6, 6.07) is 3.46. The summed E-state index contributed by atoms with van der Waals surface area (Å²) in [5, 5.41) is 0.292. The van der Waals surface area contributed by atoms with Crippen molar-refractivity contribution in [3.05, 3.63) is 51.6 Å². The number of fused-ring (bicyclic) bond motifs is 3. The Morgan fingerprint density at radius 2 is 1.76 bits per heavy atom. The second-order valence-electron chi connectivity index (χ2n) is 9.56. The summed E-state index contributed by atoms with van der Waals surface area (Å²) >= 11 is 0. The van der Waals surface area contributed by atoms with Gasteiger partial charge < -0.3 is 15.4 Å². The highest BCUT2D eigenvalue weighted by atomic mass is 16.5. The number of carbonyl (C=O) groups excluding carboxylic acids is 1. The standard InChI is InChI=1S/C25H27N9O4/c26-20(35)14-32-5-3-16(4-6-32)34-22-17(23(36)31-25(34)37)13-27-19-2-1-18(30-21(19)22)15-11-28-24(29-12-15)33-7-9-38-10-8-33/h1-2,11-13,16H,3-10,14H2,(H2,26,35)(H,31,36,37). The third-order valence-electron chi connectivity index (χ3n) is 7.14. The maximum absolute atomic E-state index is 13.1. The lowest BCUT2D eigenvalue weighted by Gasteiger charge is -2.32. The second kappa shape index (κ2) is 9.91. The number of piperidine rings is 1. The SMILES string of the molecule is NC(=O)CN1CCC(n2c(=O)[nH]c(=O)c3cnc4ccc(-c5cnc(N6CCOCC6)nc5)nc4c32)CC1. The molecule has 6 heterocycles. The third kappa shape index (κ3) is 4.50. The summed E-state index contributed by atoms with van der Waals surface area (Å²) in [6.07, 6.45) is 6.16. The predicted molar refractivity (Wildman–Crippen MR) is 140 cm³/mol. The van der Waals surface area contributed by atoms with E-state index in [1.54, 1.807) is 17.0 Å². The number of anilines is 1. The van der Waals surface area contributed by atoms with Gasteiger partial charge in [-0.05, 0) is 25.0 Å². The molecular formula is C25H27N9O4. The van der Waals surface area contributed by atoms with Gasteiger partial charge in [0.05, 0.1) is 41.9 Å². The van der Waals surface area contributed by atoms with Crippen LogP contribution in [0, 0.1) is 0 Å². The van der Waals surface area contributed by atoms with Crippen LogP contribution in [0.2, 0.25) is 0 Å². The number of nitrogens with zero attached hydrogens (tertiary/aromatic N) is 7. The number of hydrogen-bond acceptors (Lipinski definition) is 10. The number of nitrogens with two attached hydrogens (primary N) is 1. The fraction of sp³-hybridized carbons (Fsp3) is 0.400. The van der Waals surface area contributed by atoms with Gasteiger partial charge in [0.1, 0.15) is 5.52 Å². The number of carbonyl (C=O) groups is 1. The van der Waals surface area contributed by atoms with Crippen LogP contribution in [0.5, 0.6) is 0 Å². The summed E-state index contributed by atoms with van der Waals surface area (Å²) in [4.78, 5) is 62.0. The fourth-order valence-electron chi connectivity index (χ4n) is 5.23. The Morgan fingerprint density at radius 1 is 1.03 bits per heavy atom. The first-order chi connectivity index (χ1) is 18.5. The average Bonchev–Trinajstić information content (AvgIpc) is 2.94. The summed E-state index contributed by atoms with van der Waals surface area (Å²) in [6.45, 7) is 4.14. The molecule has 38 heavy (non-hydrogen) atoms. The Bertz CT molecular complexity index is 1620. The van der Waals surface area contributed by atoms with Crippen molar-refractivity contribution in [2.24, 2.45) is 5.73 Å². The largest absolute Gasteiger partial charge is 0.378 e. The molecule has 0 aliphatic carbocycles. The number of likely N-dealkylation sites (tertiary alicyclic amines) is 1. The number of rotatable bonds is 5. The smallest absolute Gasteiger partial charge is 0.329 e. The number of nitrogens with one attached hydrogen (secondary N) is 1. The molecule has 0 saturated carbocycles. The van der Waals surface area contributed by atoms with Gasteiger partial charge >= 0.3 is 5.69 Å². The highest BCUT2D eigenvalue weighted by Gasteiger charge is 2.25. The predicted octanol–water partition coefficient (Wildman–Crippen LogP) is 0.0488. The molecule has 2 aliphatic rings. The molecule has 0 bridgehead atoms. The zero-order chi connectivity index (χ0) is 26.2. The molecule has 0 atom stereocenters. The van der Waals surface area contributed by atoms with E-state index < -0.39 is 11.2 Å². The third-order valence-corrected chi connectivity index (χ3v) is 7.14. The van der Waals surface area contributed by atoms with Gasteiger partial charge in [-0.3, -0.25) is 29.0 Å². The molecule has 3 N–H and O–H groups in total. The first-order valence-electron chi connectivity index (χ1n) is 12.6. The van der Waals surface area contributed by atoms with Crippen molar-refractivity contribution in [2.45, 2.75) is 18.9 Å². The van der Waals surface area contributed by atoms with Crippen LogP contribution in [0.3, 0.4) is 0 Å². The van der Waals surface area contributed by atoms with Crippen molar-refractivity contribution in [3.63, 3.8) is 0 Å². The molecule has 0 radical (unpaired) electrons. The average molecular weight is 518 g/mol. The fourth-order valence-corrected chi connectivity index (χ4v) is 5.23. The van der Waals surface area contributed by atoms with E-state index >= 15 is 0 Å². The highest BCUT2D eigenvalue weighted by Crippen LogP contribution is 2.28. The summed E-state index contributed by atoms with van der Waals surface area (Å²) in [5.74, 6) is 0.249. The van der Waals surface area contributed by atoms with Crippen molar-refractivity contribution in [3.8, 4) is 11.3 Å². The van der Waals surface area contributed by atoms with Crippen LogP contribution < -0.4 is 21.9 Å². The Balaban J connectivity index is 1.42. The van der Waals surface area contributed by atoms with E-state index in [0.717, 1.165) is 13.1 Å². The Hall–Kier alpha value is -4.23. The van der Waals surface area contributed by atoms with Gasteiger partial charge in [-0.1, -0.05) is 0 Å². The lowest BCUT2D eigenvalue weighted by molar-refractivity contribution is -0.119. The first-order valence-corrected chi connectivity index (χ1v) is 12.6. The number of aromatic nitrogens is 6. The highest BCUT2D eigenvalue weighted by molar-refractivity contribution is 6.01. The van der Waals surface area contributed by atoms with Crippen molar-refractivity contribution in [2.75, 3.05) is 50.8 Å². The minimum atomic E-state index is -0.507. The molecule has 4 aromatic heterocycles. The lowest BCUT2D eigenvalue weighted by atomic mass is 10.0. The van der Waals surface area contributed by atoms with Crippen molar-refractivity contribution in [1.82, 2.24) is 34.4 Å². The van der Waals surface area contributed by atoms with Gasteiger partial charge in [-0.25, -0.2) is 19.7 Å². The second-order valence-corrected chi connectivity index (χ2v) is 9.56. The number of H-pyrrole nitrogens is 1. The normalized spacial score (nSPS) is 17.3. The zero-order valence-electron chi connectivity index (χ0n) is 20.7. The van der Waals surface area contributed by atoms with Gasteiger partial charge in [0, 0.05) is 56.4 Å². The van der Waals surface area contributed by atoms with Gasteiger partial charge in [-0.15, -0.1) is 0 Å². The molecular weight excluding hydrogens is 490 g/mol. The van der Waals surface area contributed by atoms with E-state index in [1.165, 1.54) is 6.20 Å². The van der Waals surface area contributed by atoms with Gasteiger partial charge in [0.25, 0.3) is 5.56 Å². The van der Waals surface area contributed by atoms with Crippen molar-refractivity contribution >= 4 is 33.8 Å². The van der Waals surface area contributed by atoms with Crippen LogP contribution in [-0.2, 0) is 9.53 Å². The Kier molecular flexibility index (Phi) is 6.29. The number of hydrogen-bond donors (Lipinski definition) is 2. The number of aromatic amines is 1. The summed E-state index contributed by atoms with van der Waals surface area (Å²) in [7, 11) is 0. The van der Waals surface area contributed by atoms with Gasteiger partial charge in [0.2, 0.25) is 11.9 Å². The Morgan fingerprint density at radius 3 is 2.47 bits per heavy atom. The number of morpholine rings is 1. The molecule has 0 unspecified atom stereocenters. The number of ether oxygens (including phenoxy) is 1. The molecule has 2 saturated heterocycles. The molecule has 13 nitrogen and oxygen atoms in total. The maximum atomic E-state index is 13.1. The van der Waals surface area contributed by atoms with E-state index in [0.29, 0.717) is 78.3 Å². The Labute approximate surface area is 216 Å². The van der Waals surface area contributed by atoms with Crippen molar-refractivity contribution in [1.29, 1.82) is 0 Å². The maximum Gasteiger partial charge on any atom is 0.329 e.